The summed E-state index contributed by atoms with van der Waals surface area (Å²) < 4.78 is 9.79. The molecule has 0 aromatic carbocycles. The van der Waals surface area contributed by atoms with E-state index in [4.69, 9.17) is 9.15 Å². The Balaban J connectivity index is 0.000000921. The second kappa shape index (κ2) is 6.11. The lowest BCUT2D eigenvalue weighted by molar-refractivity contribution is 0.0636. The molecule has 0 saturated heterocycles. The number of rotatable bonds is 1. The third-order valence-corrected chi connectivity index (χ3v) is 1.17. The summed E-state index contributed by atoms with van der Waals surface area (Å²) in [7, 11) is 0. The zero-order chi connectivity index (χ0) is 11.9. The number of anilines is 1. The van der Waals surface area contributed by atoms with Gasteiger partial charge < -0.3 is 9.15 Å². The highest BCUT2D eigenvalue weighted by Gasteiger charge is 2.16. The van der Waals surface area contributed by atoms with Crippen LogP contribution in [0.3, 0.4) is 0 Å². The van der Waals surface area contributed by atoms with E-state index in [0.29, 0.717) is 5.69 Å². The van der Waals surface area contributed by atoms with Gasteiger partial charge in [0.25, 0.3) is 0 Å². The topological polar surface area (TPSA) is 51.5 Å². The molecular formula is C11H19NO3. The quantitative estimate of drug-likeness (QED) is 0.774. The molecule has 1 heterocycles. The Morgan fingerprint density at radius 3 is 2.40 bits per heavy atom. The van der Waals surface area contributed by atoms with E-state index < -0.39 is 11.7 Å². The molecule has 0 fully saturated rings. The van der Waals surface area contributed by atoms with Crippen LogP contribution in [0.1, 0.15) is 34.6 Å². The van der Waals surface area contributed by atoms with Gasteiger partial charge in [0.2, 0.25) is 0 Å². The molecule has 15 heavy (non-hydrogen) atoms. The van der Waals surface area contributed by atoms with Crippen LogP contribution in [0.25, 0.3) is 0 Å². The molecule has 1 aromatic rings. The Kier molecular flexibility index (Phi) is 5.52. The average Bonchev–Trinajstić information content (AvgIpc) is 2.57. The van der Waals surface area contributed by atoms with E-state index in [2.05, 4.69) is 5.32 Å². The standard InChI is InChI=1S/C9H13NO3.C2H6/c1-9(2,3)13-8(11)10-7-4-5-12-6-7;1-2/h4-6H,1-3H3,(H,10,11);1-2H3. The third kappa shape index (κ3) is 6.60. The van der Waals surface area contributed by atoms with Gasteiger partial charge in [-0.2, -0.15) is 0 Å². The molecule has 0 saturated carbocycles. The highest BCUT2D eigenvalue weighted by molar-refractivity contribution is 5.84. The van der Waals surface area contributed by atoms with Crippen molar-refractivity contribution in [2.75, 3.05) is 5.32 Å². The minimum Gasteiger partial charge on any atom is -0.470 e. The van der Waals surface area contributed by atoms with Gasteiger partial charge in [-0.15, -0.1) is 0 Å². The van der Waals surface area contributed by atoms with Crippen molar-refractivity contribution in [3.8, 4) is 0 Å². The Morgan fingerprint density at radius 2 is 2.00 bits per heavy atom. The number of hydrogen-bond acceptors (Lipinski definition) is 3. The molecule has 0 aliphatic rings. The van der Waals surface area contributed by atoms with E-state index in [0.717, 1.165) is 0 Å². The maximum Gasteiger partial charge on any atom is 0.412 e. The lowest BCUT2D eigenvalue weighted by Gasteiger charge is -2.19. The molecule has 0 radical (unpaired) electrons. The van der Waals surface area contributed by atoms with Gasteiger partial charge in [0.15, 0.2) is 0 Å². The molecule has 0 aliphatic carbocycles. The minimum absolute atomic E-state index is 0.478. The molecule has 4 heteroatoms. The monoisotopic (exact) mass is 213 g/mol. The highest BCUT2D eigenvalue weighted by atomic mass is 16.6. The molecule has 4 nitrogen and oxygen atoms in total. The van der Waals surface area contributed by atoms with Crippen molar-refractivity contribution in [1.82, 2.24) is 0 Å². The van der Waals surface area contributed by atoms with Crippen molar-refractivity contribution in [2.24, 2.45) is 0 Å². The maximum absolute atomic E-state index is 11.2. The van der Waals surface area contributed by atoms with Gasteiger partial charge in [0.1, 0.15) is 11.9 Å². The number of ether oxygens (including phenoxy) is 1. The highest BCUT2D eigenvalue weighted by Crippen LogP contribution is 2.11. The first kappa shape index (κ1) is 13.5. The summed E-state index contributed by atoms with van der Waals surface area (Å²) in [5.74, 6) is 0. The summed E-state index contributed by atoms with van der Waals surface area (Å²) in [6.07, 6.45) is 2.44. The Morgan fingerprint density at radius 1 is 1.40 bits per heavy atom. The summed E-state index contributed by atoms with van der Waals surface area (Å²) in [5, 5.41) is 2.52. The van der Waals surface area contributed by atoms with Crippen LogP contribution in [-0.4, -0.2) is 11.7 Å². The van der Waals surface area contributed by atoms with Crippen LogP contribution >= 0.6 is 0 Å². The first-order chi connectivity index (χ1) is 6.97. The second-order valence-corrected chi connectivity index (χ2v) is 3.64. The normalized spacial score (nSPS) is 9.93. The predicted octanol–water partition coefficient (Wildman–Crippen LogP) is 3.65. The van der Waals surface area contributed by atoms with Crippen LogP contribution in [0.15, 0.2) is 23.0 Å². The van der Waals surface area contributed by atoms with Crippen LogP contribution in [0.2, 0.25) is 0 Å². The van der Waals surface area contributed by atoms with Crippen molar-refractivity contribution in [3.63, 3.8) is 0 Å². The number of carbonyl (C=O) groups is 1. The summed E-state index contributed by atoms with van der Waals surface area (Å²) in [6.45, 7) is 9.42. The predicted molar refractivity (Wildman–Crippen MR) is 59.9 cm³/mol. The molecule has 0 aliphatic heterocycles. The van der Waals surface area contributed by atoms with E-state index in [1.54, 1.807) is 6.07 Å². The molecule has 0 unspecified atom stereocenters. The minimum atomic E-state index is -0.478. The molecule has 0 bridgehead atoms. The maximum atomic E-state index is 11.2. The van der Waals surface area contributed by atoms with Crippen molar-refractivity contribution in [3.05, 3.63) is 18.6 Å². The fourth-order valence-electron chi connectivity index (χ4n) is 0.757. The number of amides is 1. The zero-order valence-corrected chi connectivity index (χ0v) is 9.96. The Labute approximate surface area is 90.6 Å². The number of nitrogens with one attached hydrogen (secondary N) is 1. The average molecular weight is 213 g/mol. The van der Waals surface area contributed by atoms with Crippen molar-refractivity contribution >= 4 is 11.8 Å². The van der Waals surface area contributed by atoms with Crippen molar-refractivity contribution in [1.29, 1.82) is 0 Å². The molecule has 0 atom stereocenters. The first-order valence-electron chi connectivity index (χ1n) is 4.99. The van der Waals surface area contributed by atoms with Gasteiger partial charge in [0.05, 0.1) is 12.0 Å². The number of furan rings is 1. The number of hydrogen-bond donors (Lipinski definition) is 1. The first-order valence-corrected chi connectivity index (χ1v) is 4.99. The van der Waals surface area contributed by atoms with Crippen molar-refractivity contribution in [2.45, 2.75) is 40.2 Å². The Hall–Kier alpha value is -1.45. The van der Waals surface area contributed by atoms with Gasteiger partial charge >= 0.3 is 6.09 Å². The van der Waals surface area contributed by atoms with Gasteiger partial charge in [-0.3, -0.25) is 5.32 Å². The van der Waals surface area contributed by atoms with E-state index in [1.165, 1.54) is 12.5 Å². The smallest absolute Gasteiger partial charge is 0.412 e. The summed E-state index contributed by atoms with van der Waals surface area (Å²) >= 11 is 0. The summed E-state index contributed by atoms with van der Waals surface area (Å²) in [6, 6.07) is 1.64. The fraction of sp³-hybridized carbons (Fsp3) is 0.545. The van der Waals surface area contributed by atoms with Gasteiger partial charge in [0, 0.05) is 6.07 Å². The molecule has 1 rings (SSSR count). The summed E-state index contributed by atoms with van der Waals surface area (Å²) in [4.78, 5) is 11.2. The van der Waals surface area contributed by atoms with E-state index in [1.807, 2.05) is 34.6 Å². The molecule has 1 aromatic heterocycles. The molecule has 1 amide bonds. The van der Waals surface area contributed by atoms with E-state index in [-0.39, 0.29) is 0 Å². The van der Waals surface area contributed by atoms with Crippen LogP contribution in [0.4, 0.5) is 10.5 Å². The van der Waals surface area contributed by atoms with Gasteiger partial charge in [-0.05, 0) is 20.8 Å². The van der Waals surface area contributed by atoms with Crippen molar-refractivity contribution < 1.29 is 13.9 Å². The number of carbonyl (C=O) groups excluding carboxylic acids is 1. The third-order valence-electron chi connectivity index (χ3n) is 1.17. The molecule has 86 valence electrons. The molecule has 0 spiro atoms. The molecule has 1 N–H and O–H groups in total. The van der Waals surface area contributed by atoms with E-state index in [9.17, 15) is 4.79 Å². The molecular weight excluding hydrogens is 194 g/mol. The SMILES string of the molecule is CC.CC(C)(C)OC(=O)Nc1ccoc1. The lowest BCUT2D eigenvalue weighted by atomic mass is 10.2. The summed E-state index contributed by atoms with van der Waals surface area (Å²) in [5.41, 5.74) is 0.114. The van der Waals surface area contributed by atoms with Crippen LogP contribution in [0, 0.1) is 0 Å². The zero-order valence-electron chi connectivity index (χ0n) is 9.96. The van der Waals surface area contributed by atoms with E-state index >= 15 is 0 Å². The second-order valence-electron chi connectivity index (χ2n) is 3.64. The van der Waals surface area contributed by atoms with Crippen LogP contribution in [0.5, 0.6) is 0 Å². The van der Waals surface area contributed by atoms with Gasteiger partial charge in [-0.1, -0.05) is 13.8 Å². The van der Waals surface area contributed by atoms with Crippen LogP contribution in [-0.2, 0) is 4.74 Å². The van der Waals surface area contributed by atoms with Crippen LogP contribution < -0.4 is 5.32 Å². The largest absolute Gasteiger partial charge is 0.470 e. The van der Waals surface area contributed by atoms with Gasteiger partial charge in [-0.25, -0.2) is 4.79 Å². The fourth-order valence-corrected chi connectivity index (χ4v) is 0.757. The lowest BCUT2D eigenvalue weighted by Crippen LogP contribution is -2.27. The Bertz CT molecular complexity index is 273.